The number of anilines is 1. The van der Waals surface area contributed by atoms with Crippen molar-refractivity contribution >= 4 is 22.5 Å². The second-order valence-corrected chi connectivity index (χ2v) is 9.84. The van der Waals surface area contributed by atoms with Crippen LogP contribution in [0.15, 0.2) is 61.1 Å². The number of nitrogens with two attached hydrogens (primary N) is 1. The van der Waals surface area contributed by atoms with Gasteiger partial charge in [0, 0.05) is 73.5 Å². The molecule has 0 spiro atoms. The summed E-state index contributed by atoms with van der Waals surface area (Å²) in [6.07, 6.45) is 7.96. The van der Waals surface area contributed by atoms with Gasteiger partial charge in [-0.1, -0.05) is 6.07 Å². The van der Waals surface area contributed by atoms with Crippen molar-refractivity contribution in [3.05, 3.63) is 77.9 Å². The van der Waals surface area contributed by atoms with Crippen LogP contribution in [-0.4, -0.2) is 58.1 Å². The van der Waals surface area contributed by atoms with Crippen molar-refractivity contribution in [3.63, 3.8) is 0 Å². The molecule has 1 saturated carbocycles. The summed E-state index contributed by atoms with van der Waals surface area (Å²) in [7, 11) is 0. The number of hydrogen-bond acceptors (Lipinski definition) is 6. The first kappa shape index (κ1) is 22.9. The highest BCUT2D eigenvalue weighted by Crippen LogP contribution is 2.42. The molecule has 2 N–H and O–H groups in total. The van der Waals surface area contributed by atoms with E-state index in [0.717, 1.165) is 67.1 Å². The standard InChI is InChI=1S/C29H31N5O2/c30-26-4-3-22(20-5-7-31-8-6-20)15-23(26)18-28(35)25-16-24-17-27(21-1-2-21)34(29(24)32-19-25)10-9-33-11-13-36-14-12-33/h3-8,15-17,19,21H,1-2,9-14,18,30H2. The summed E-state index contributed by atoms with van der Waals surface area (Å²) < 4.78 is 7.86. The summed E-state index contributed by atoms with van der Waals surface area (Å²) in [5.41, 5.74) is 12.7. The van der Waals surface area contributed by atoms with E-state index in [9.17, 15) is 4.79 Å². The van der Waals surface area contributed by atoms with Gasteiger partial charge >= 0.3 is 0 Å². The average Bonchev–Trinajstić information content (AvgIpc) is 3.70. The Labute approximate surface area is 210 Å². The number of hydrogen-bond donors (Lipinski definition) is 1. The number of aromatic nitrogens is 3. The zero-order valence-electron chi connectivity index (χ0n) is 20.4. The van der Waals surface area contributed by atoms with E-state index in [4.69, 9.17) is 15.5 Å². The molecule has 1 saturated heterocycles. The van der Waals surface area contributed by atoms with E-state index >= 15 is 0 Å². The highest BCUT2D eigenvalue weighted by atomic mass is 16.5. The molecule has 0 bridgehead atoms. The number of nitrogens with zero attached hydrogens (tertiary/aromatic N) is 4. The third-order valence-corrected chi connectivity index (χ3v) is 7.33. The molecule has 4 aromatic rings. The minimum Gasteiger partial charge on any atom is -0.398 e. The van der Waals surface area contributed by atoms with Crippen LogP contribution >= 0.6 is 0 Å². The maximum atomic E-state index is 13.3. The number of carbonyl (C=O) groups is 1. The van der Waals surface area contributed by atoms with Crippen LogP contribution in [0, 0.1) is 0 Å². The van der Waals surface area contributed by atoms with E-state index in [0.29, 0.717) is 17.2 Å². The molecule has 2 fully saturated rings. The zero-order valence-corrected chi connectivity index (χ0v) is 20.4. The molecule has 6 rings (SSSR count). The van der Waals surface area contributed by atoms with Crippen LogP contribution in [0.25, 0.3) is 22.2 Å². The van der Waals surface area contributed by atoms with Crippen LogP contribution in [0.5, 0.6) is 0 Å². The third kappa shape index (κ3) is 4.76. The van der Waals surface area contributed by atoms with Gasteiger partial charge in [-0.05, 0) is 71.8 Å². The molecule has 2 aliphatic rings. The fraction of sp³-hybridized carbons (Fsp3) is 0.345. The van der Waals surface area contributed by atoms with Crippen LogP contribution < -0.4 is 5.73 Å². The quantitative estimate of drug-likeness (QED) is 0.298. The summed E-state index contributed by atoms with van der Waals surface area (Å²) in [6.45, 7) is 5.48. The third-order valence-electron chi connectivity index (χ3n) is 7.33. The molecule has 3 aromatic heterocycles. The van der Waals surface area contributed by atoms with Crippen molar-refractivity contribution in [2.75, 3.05) is 38.6 Å². The van der Waals surface area contributed by atoms with Crippen LogP contribution in [0.3, 0.4) is 0 Å². The lowest BCUT2D eigenvalue weighted by Crippen LogP contribution is -2.38. The molecule has 0 atom stereocenters. The Hall–Kier alpha value is -3.55. The van der Waals surface area contributed by atoms with Gasteiger partial charge in [0.1, 0.15) is 5.65 Å². The second-order valence-electron chi connectivity index (χ2n) is 9.84. The Morgan fingerprint density at radius 2 is 1.81 bits per heavy atom. The van der Waals surface area contributed by atoms with E-state index in [1.165, 1.54) is 18.5 Å². The van der Waals surface area contributed by atoms with Crippen LogP contribution in [0.4, 0.5) is 5.69 Å². The molecule has 0 amide bonds. The fourth-order valence-electron chi connectivity index (χ4n) is 5.09. The van der Waals surface area contributed by atoms with E-state index in [-0.39, 0.29) is 12.2 Å². The summed E-state index contributed by atoms with van der Waals surface area (Å²) >= 11 is 0. The number of Topliss-reactive ketones (excluding diaryl/α,β-unsaturated/α-hetero) is 1. The van der Waals surface area contributed by atoms with Gasteiger partial charge in [-0.3, -0.25) is 14.7 Å². The van der Waals surface area contributed by atoms with Crippen molar-refractivity contribution in [2.45, 2.75) is 31.7 Å². The molecule has 0 unspecified atom stereocenters. The fourth-order valence-corrected chi connectivity index (χ4v) is 5.09. The highest BCUT2D eigenvalue weighted by molar-refractivity contribution is 6.00. The molecule has 1 aliphatic heterocycles. The normalized spacial score (nSPS) is 16.4. The van der Waals surface area contributed by atoms with E-state index in [2.05, 4.69) is 20.5 Å². The summed E-state index contributed by atoms with van der Waals surface area (Å²) in [5.74, 6) is 0.635. The number of benzene rings is 1. The number of ketones is 1. The van der Waals surface area contributed by atoms with E-state index in [1.54, 1.807) is 18.6 Å². The van der Waals surface area contributed by atoms with Crippen molar-refractivity contribution in [2.24, 2.45) is 0 Å². The zero-order chi connectivity index (χ0) is 24.5. The molecule has 0 radical (unpaired) electrons. The number of carbonyl (C=O) groups excluding carboxylic acids is 1. The minimum atomic E-state index is 0.0250. The van der Waals surface area contributed by atoms with Crippen LogP contribution in [0.2, 0.25) is 0 Å². The molecular weight excluding hydrogens is 450 g/mol. The lowest BCUT2D eigenvalue weighted by molar-refractivity contribution is 0.0364. The number of ether oxygens (including phenoxy) is 1. The molecule has 4 heterocycles. The number of nitrogen functional groups attached to an aromatic ring is 1. The maximum absolute atomic E-state index is 13.3. The van der Waals surface area contributed by atoms with Gasteiger partial charge in [-0.2, -0.15) is 0 Å². The van der Waals surface area contributed by atoms with Gasteiger partial charge in [0.15, 0.2) is 5.78 Å². The predicted molar refractivity (Wildman–Crippen MR) is 141 cm³/mol. The molecule has 184 valence electrons. The summed E-state index contributed by atoms with van der Waals surface area (Å²) in [6, 6.07) is 14.0. The SMILES string of the molecule is Nc1ccc(-c2ccncc2)cc1CC(=O)c1cnc2c(c1)cc(C1CC1)n2CCN1CCOCC1. The first-order chi connectivity index (χ1) is 17.7. The van der Waals surface area contributed by atoms with Crippen LogP contribution in [0.1, 0.15) is 40.4 Å². The van der Waals surface area contributed by atoms with Crippen molar-refractivity contribution < 1.29 is 9.53 Å². The van der Waals surface area contributed by atoms with Gasteiger partial charge in [0.25, 0.3) is 0 Å². The Bertz CT molecular complexity index is 1390. The van der Waals surface area contributed by atoms with Gasteiger partial charge < -0.3 is 15.0 Å². The Balaban J connectivity index is 1.24. The van der Waals surface area contributed by atoms with Crippen LogP contribution in [-0.2, 0) is 17.7 Å². The first-order valence-electron chi connectivity index (χ1n) is 12.8. The lowest BCUT2D eigenvalue weighted by Gasteiger charge is -2.27. The first-order valence-corrected chi connectivity index (χ1v) is 12.8. The topological polar surface area (TPSA) is 86.3 Å². The molecule has 1 aromatic carbocycles. The average molecular weight is 482 g/mol. The van der Waals surface area contributed by atoms with Gasteiger partial charge in [-0.15, -0.1) is 0 Å². The monoisotopic (exact) mass is 481 g/mol. The Morgan fingerprint density at radius 1 is 1.00 bits per heavy atom. The largest absolute Gasteiger partial charge is 0.398 e. The van der Waals surface area contributed by atoms with E-state index in [1.807, 2.05) is 36.4 Å². The van der Waals surface area contributed by atoms with E-state index < -0.39 is 0 Å². The number of pyridine rings is 2. The number of rotatable bonds is 8. The highest BCUT2D eigenvalue weighted by Gasteiger charge is 2.28. The maximum Gasteiger partial charge on any atom is 0.168 e. The number of fused-ring (bicyclic) bond motifs is 1. The lowest BCUT2D eigenvalue weighted by atomic mass is 9.98. The summed E-state index contributed by atoms with van der Waals surface area (Å²) in [5, 5.41) is 1.04. The minimum absolute atomic E-state index is 0.0250. The molecule has 36 heavy (non-hydrogen) atoms. The van der Waals surface area contributed by atoms with Gasteiger partial charge in [0.05, 0.1) is 13.2 Å². The molecule has 7 nitrogen and oxygen atoms in total. The molecule has 1 aliphatic carbocycles. The smallest absolute Gasteiger partial charge is 0.168 e. The van der Waals surface area contributed by atoms with Crippen molar-refractivity contribution in [1.29, 1.82) is 0 Å². The Kier molecular flexibility index (Phi) is 6.25. The molecular formula is C29H31N5O2. The predicted octanol–water partition coefficient (Wildman–Crippen LogP) is 4.32. The van der Waals surface area contributed by atoms with Gasteiger partial charge in [-0.25, -0.2) is 4.98 Å². The second kappa shape index (κ2) is 9.84. The number of morpholine rings is 1. The Morgan fingerprint density at radius 3 is 2.58 bits per heavy atom. The van der Waals surface area contributed by atoms with Crippen molar-refractivity contribution in [3.8, 4) is 11.1 Å². The van der Waals surface area contributed by atoms with Gasteiger partial charge in [0.2, 0.25) is 0 Å². The summed E-state index contributed by atoms with van der Waals surface area (Å²) in [4.78, 5) is 24.6. The van der Waals surface area contributed by atoms with Crippen molar-refractivity contribution in [1.82, 2.24) is 19.4 Å². The molecule has 7 heteroatoms.